The molecule has 0 aliphatic carbocycles. The van der Waals surface area contributed by atoms with Gasteiger partial charge in [-0.1, -0.05) is 0 Å². The molecule has 0 heterocycles. The van der Waals surface area contributed by atoms with Crippen molar-refractivity contribution < 1.29 is 101 Å². The maximum atomic E-state index is 7.00. The SMILES string of the molecule is CO.CO.CO.CO.CO.CO.CO.[Ti].[Ti].[Ti]. The Morgan fingerprint density at radius 2 is 0.235 bits per heavy atom. The first-order valence-corrected chi connectivity index (χ1v) is 3.13. The first kappa shape index (κ1) is 76.6. The van der Waals surface area contributed by atoms with Gasteiger partial charge in [0.15, 0.2) is 0 Å². The van der Waals surface area contributed by atoms with Gasteiger partial charge in [0.25, 0.3) is 0 Å². The second-order valence-electron chi connectivity index (χ2n) is 0. The molecule has 0 saturated heterocycles. The Morgan fingerprint density at radius 3 is 0.235 bits per heavy atom. The van der Waals surface area contributed by atoms with Crippen LogP contribution in [0, 0.1) is 0 Å². The molecule has 0 unspecified atom stereocenters. The van der Waals surface area contributed by atoms with Crippen molar-refractivity contribution >= 4 is 0 Å². The summed E-state index contributed by atoms with van der Waals surface area (Å²) in [5.41, 5.74) is 0. The van der Waals surface area contributed by atoms with Crippen molar-refractivity contribution in [3.8, 4) is 0 Å². The van der Waals surface area contributed by atoms with Crippen molar-refractivity contribution in [2.24, 2.45) is 0 Å². The molecule has 0 fully saturated rings. The standard InChI is InChI=1S/7CH4O.3Ti/c7*1-2;;;/h7*2H,1H3;;;. The van der Waals surface area contributed by atoms with Gasteiger partial charge in [-0.25, -0.2) is 0 Å². The van der Waals surface area contributed by atoms with E-state index in [0.29, 0.717) is 0 Å². The van der Waals surface area contributed by atoms with E-state index in [-0.39, 0.29) is 65.2 Å². The molecule has 0 saturated carbocycles. The van der Waals surface area contributed by atoms with Gasteiger partial charge in [0.1, 0.15) is 0 Å². The van der Waals surface area contributed by atoms with Gasteiger partial charge < -0.3 is 35.7 Å². The number of hydrogen-bond donors (Lipinski definition) is 7. The molecule has 7 N–H and O–H groups in total. The van der Waals surface area contributed by atoms with Crippen molar-refractivity contribution in [1.82, 2.24) is 0 Å². The molecule has 7 nitrogen and oxygen atoms in total. The molecule has 0 spiro atoms. The molecule has 0 atom stereocenters. The molecule has 0 aromatic heterocycles. The van der Waals surface area contributed by atoms with Crippen molar-refractivity contribution in [3.05, 3.63) is 0 Å². The van der Waals surface area contributed by atoms with Crippen LogP contribution >= 0.6 is 0 Å². The Labute approximate surface area is 150 Å². The third kappa shape index (κ3) is 1300. The van der Waals surface area contributed by atoms with Gasteiger partial charge in [-0.2, -0.15) is 0 Å². The largest absolute Gasteiger partial charge is 0.400 e. The van der Waals surface area contributed by atoms with Crippen molar-refractivity contribution in [1.29, 1.82) is 0 Å². The molecule has 17 heavy (non-hydrogen) atoms. The van der Waals surface area contributed by atoms with Gasteiger partial charge in [-0.15, -0.1) is 0 Å². The fraction of sp³-hybridized carbons (Fsp3) is 1.00. The smallest absolute Gasteiger partial charge is 0.0319 e. The molecule has 0 radical (unpaired) electrons. The van der Waals surface area contributed by atoms with Crippen molar-refractivity contribution in [2.75, 3.05) is 49.8 Å². The molecular formula is C7H28O7Ti3. The predicted molar refractivity (Wildman–Crippen MR) is 57.0 cm³/mol. The number of hydrogen-bond acceptors (Lipinski definition) is 7. The van der Waals surface area contributed by atoms with Crippen LogP contribution in [0.2, 0.25) is 0 Å². The van der Waals surface area contributed by atoms with E-state index < -0.39 is 0 Å². The third-order valence-corrected chi connectivity index (χ3v) is 0. The van der Waals surface area contributed by atoms with Crippen LogP contribution in [0.5, 0.6) is 0 Å². The summed E-state index contributed by atoms with van der Waals surface area (Å²) in [6, 6.07) is 0. The summed E-state index contributed by atoms with van der Waals surface area (Å²) in [4.78, 5) is 0. The molecular weight excluding hydrogens is 340 g/mol. The van der Waals surface area contributed by atoms with Gasteiger partial charge >= 0.3 is 0 Å². The zero-order valence-corrected chi connectivity index (χ0v) is 16.3. The fourth-order valence-corrected chi connectivity index (χ4v) is 0. The molecule has 0 aromatic carbocycles. The molecule has 0 aromatic rings. The van der Waals surface area contributed by atoms with Gasteiger partial charge in [0.2, 0.25) is 0 Å². The fourth-order valence-electron chi connectivity index (χ4n) is 0. The van der Waals surface area contributed by atoms with E-state index in [2.05, 4.69) is 0 Å². The van der Waals surface area contributed by atoms with Crippen LogP contribution in [0.4, 0.5) is 0 Å². The summed E-state index contributed by atoms with van der Waals surface area (Å²) in [5, 5.41) is 49.0. The van der Waals surface area contributed by atoms with E-state index in [9.17, 15) is 0 Å². The normalized spacial score (nSPS) is 2.47. The van der Waals surface area contributed by atoms with Crippen LogP contribution in [-0.4, -0.2) is 85.5 Å². The van der Waals surface area contributed by atoms with Crippen LogP contribution in [0.1, 0.15) is 0 Å². The second kappa shape index (κ2) is 1460. The van der Waals surface area contributed by atoms with Gasteiger partial charge in [-0.05, 0) is 0 Å². The summed E-state index contributed by atoms with van der Waals surface area (Å²) in [7, 11) is 7.00. The van der Waals surface area contributed by atoms with Crippen LogP contribution < -0.4 is 0 Å². The first-order chi connectivity index (χ1) is 7.00. The maximum absolute atomic E-state index is 7.00. The van der Waals surface area contributed by atoms with E-state index in [1.54, 1.807) is 0 Å². The van der Waals surface area contributed by atoms with E-state index >= 15 is 0 Å². The minimum atomic E-state index is 0. The quantitative estimate of drug-likeness (QED) is 0.230. The van der Waals surface area contributed by atoms with E-state index in [1.807, 2.05) is 0 Å². The van der Waals surface area contributed by atoms with Crippen LogP contribution in [0.15, 0.2) is 0 Å². The van der Waals surface area contributed by atoms with E-state index in [4.69, 9.17) is 35.7 Å². The molecule has 110 valence electrons. The van der Waals surface area contributed by atoms with E-state index in [1.165, 1.54) is 0 Å². The van der Waals surface area contributed by atoms with Crippen LogP contribution in [0.3, 0.4) is 0 Å². The molecule has 0 aliphatic heterocycles. The number of rotatable bonds is 0. The van der Waals surface area contributed by atoms with Crippen molar-refractivity contribution in [3.63, 3.8) is 0 Å². The van der Waals surface area contributed by atoms with Crippen LogP contribution in [-0.2, 0) is 65.2 Å². The summed E-state index contributed by atoms with van der Waals surface area (Å²) < 4.78 is 0. The zero-order valence-electron chi connectivity index (χ0n) is 11.6. The number of aliphatic hydroxyl groups excluding tert-OH is 7. The Hall–Kier alpha value is 1.86. The average Bonchev–Trinajstić information content (AvgIpc) is 2.45. The zero-order chi connectivity index (χ0) is 14.0. The third-order valence-electron chi connectivity index (χ3n) is 0. The van der Waals surface area contributed by atoms with Gasteiger partial charge in [0.05, 0.1) is 0 Å². The topological polar surface area (TPSA) is 142 Å². The first-order valence-electron chi connectivity index (χ1n) is 3.13. The monoisotopic (exact) mass is 368 g/mol. The molecule has 0 bridgehead atoms. The Bertz CT molecular complexity index is 25.4. The second-order valence-corrected chi connectivity index (χ2v) is 0. The molecule has 0 aliphatic rings. The summed E-state index contributed by atoms with van der Waals surface area (Å²) in [6.45, 7) is 0. The van der Waals surface area contributed by atoms with Gasteiger partial charge in [-0.3, -0.25) is 0 Å². The summed E-state index contributed by atoms with van der Waals surface area (Å²) in [6.07, 6.45) is 0. The van der Waals surface area contributed by atoms with Crippen molar-refractivity contribution in [2.45, 2.75) is 0 Å². The Balaban J connectivity index is -0.00000000408. The molecule has 10 heteroatoms. The molecule has 0 rings (SSSR count). The minimum absolute atomic E-state index is 0. The van der Waals surface area contributed by atoms with Gasteiger partial charge in [0, 0.05) is 115 Å². The van der Waals surface area contributed by atoms with E-state index in [0.717, 1.165) is 49.8 Å². The predicted octanol–water partition coefficient (Wildman–Crippen LogP) is -2.75. The average molecular weight is 368 g/mol. The minimum Gasteiger partial charge on any atom is -0.400 e. The summed E-state index contributed by atoms with van der Waals surface area (Å²) >= 11 is 0. The molecule has 0 amide bonds. The Morgan fingerprint density at radius 1 is 0.235 bits per heavy atom. The Kier molecular flexibility index (Phi) is 6600. The summed E-state index contributed by atoms with van der Waals surface area (Å²) in [5.74, 6) is 0. The number of aliphatic hydroxyl groups is 7. The maximum Gasteiger partial charge on any atom is 0.0319 e. The van der Waals surface area contributed by atoms with Crippen LogP contribution in [0.25, 0.3) is 0 Å².